The van der Waals surface area contributed by atoms with Gasteiger partial charge in [0.2, 0.25) is 5.60 Å². The number of ether oxygens (including phenoxy) is 2. The number of halogens is 3. The molecule has 0 radical (unpaired) electrons. The van der Waals surface area contributed by atoms with Crippen molar-refractivity contribution in [1.82, 2.24) is 0 Å². The number of esters is 1. The molecule has 1 aromatic rings. The highest BCUT2D eigenvalue weighted by Crippen LogP contribution is 2.58. The van der Waals surface area contributed by atoms with Crippen LogP contribution in [-0.2, 0) is 19.9 Å². The molecule has 0 unspecified atom stereocenters. The Kier molecular flexibility index (Phi) is 4.97. The molecule has 132 valence electrons. The third-order valence-corrected chi connectivity index (χ3v) is 4.29. The normalized spacial score (nSPS) is 25.3. The van der Waals surface area contributed by atoms with Gasteiger partial charge < -0.3 is 9.47 Å². The molecule has 1 aliphatic heterocycles. The first-order valence-electron chi connectivity index (χ1n) is 7.88. The lowest BCUT2D eigenvalue weighted by Crippen LogP contribution is -2.58. The van der Waals surface area contributed by atoms with Crippen molar-refractivity contribution < 1.29 is 27.4 Å². The molecule has 0 N–H and O–H groups in total. The van der Waals surface area contributed by atoms with Crippen LogP contribution in [0.2, 0.25) is 0 Å². The van der Waals surface area contributed by atoms with Gasteiger partial charge in [0.05, 0.1) is 18.6 Å². The van der Waals surface area contributed by atoms with Crippen LogP contribution in [0.1, 0.15) is 44.7 Å². The fourth-order valence-electron chi connectivity index (χ4n) is 2.85. The molecular weight excluding hydrogens is 321 g/mol. The molecule has 24 heavy (non-hydrogen) atoms. The first-order valence-corrected chi connectivity index (χ1v) is 7.88. The lowest BCUT2D eigenvalue weighted by atomic mass is 9.74. The van der Waals surface area contributed by atoms with Gasteiger partial charge in [0.1, 0.15) is 5.76 Å². The molecular formula is C18H21F3O3. The van der Waals surface area contributed by atoms with E-state index in [0.717, 1.165) is 11.6 Å². The van der Waals surface area contributed by atoms with E-state index in [1.54, 1.807) is 19.1 Å². The number of carbonyl (C=O) groups excluding carboxylic acids is 1. The molecule has 6 heteroatoms. The smallest absolute Gasteiger partial charge is 0.433 e. The van der Waals surface area contributed by atoms with Crippen molar-refractivity contribution in [3.8, 4) is 0 Å². The monoisotopic (exact) mass is 342 g/mol. The highest BCUT2D eigenvalue weighted by molar-refractivity contribution is 5.82. The van der Waals surface area contributed by atoms with Crippen LogP contribution in [0.15, 0.2) is 36.1 Å². The first kappa shape index (κ1) is 18.4. The van der Waals surface area contributed by atoms with E-state index in [1.807, 2.05) is 13.8 Å². The maximum absolute atomic E-state index is 13.7. The predicted octanol–water partition coefficient (Wildman–Crippen LogP) is 4.68. The molecule has 2 atom stereocenters. The summed E-state index contributed by atoms with van der Waals surface area (Å²) in [5.41, 5.74) is -1.45. The van der Waals surface area contributed by atoms with E-state index in [4.69, 9.17) is 9.47 Å². The van der Waals surface area contributed by atoms with Gasteiger partial charge in [-0.05, 0) is 18.4 Å². The lowest BCUT2D eigenvalue weighted by molar-refractivity contribution is -0.332. The van der Waals surface area contributed by atoms with Crippen LogP contribution in [-0.4, -0.2) is 18.8 Å². The zero-order chi connectivity index (χ0) is 18.1. The third-order valence-electron chi connectivity index (χ3n) is 4.29. The third kappa shape index (κ3) is 3.01. The summed E-state index contributed by atoms with van der Waals surface area (Å²) < 4.78 is 51.1. The summed E-state index contributed by atoms with van der Waals surface area (Å²) in [5, 5.41) is 0. The van der Waals surface area contributed by atoms with Gasteiger partial charge in [0, 0.05) is 5.56 Å². The molecule has 0 amide bonds. The fraction of sp³-hybridized carbons (Fsp3) is 0.500. The highest BCUT2D eigenvalue weighted by atomic mass is 19.4. The Morgan fingerprint density at radius 3 is 2.33 bits per heavy atom. The lowest BCUT2D eigenvalue weighted by Gasteiger charge is -2.50. The summed E-state index contributed by atoms with van der Waals surface area (Å²) in [6, 6.07) is 6.24. The quantitative estimate of drug-likeness (QED) is 0.589. The van der Waals surface area contributed by atoms with E-state index in [9.17, 15) is 18.0 Å². The SMILES string of the molecule is CCOC(=O)/C=C1/O[C@](c2ccc(C(C)C)cc2)(C(F)(F)F)[C@H]1C. The van der Waals surface area contributed by atoms with Gasteiger partial charge in [0.15, 0.2) is 0 Å². The Balaban J connectivity index is 2.36. The number of rotatable bonds is 4. The van der Waals surface area contributed by atoms with Crippen LogP contribution in [0.5, 0.6) is 0 Å². The van der Waals surface area contributed by atoms with Gasteiger partial charge in [0.25, 0.3) is 0 Å². The van der Waals surface area contributed by atoms with Gasteiger partial charge in [-0.15, -0.1) is 0 Å². The summed E-state index contributed by atoms with van der Waals surface area (Å²) >= 11 is 0. The minimum atomic E-state index is -4.60. The van der Waals surface area contributed by atoms with Gasteiger partial charge in [-0.3, -0.25) is 0 Å². The standard InChI is InChI=1S/C18H21F3O3/c1-5-23-16(22)10-15-12(4)17(24-15,18(19,20)21)14-8-6-13(7-9-14)11(2)3/h6-12H,5H2,1-4H3/b15-10+/t12-,17+/m0/s1. The largest absolute Gasteiger partial charge is 0.476 e. The van der Waals surface area contributed by atoms with E-state index in [-0.39, 0.29) is 23.8 Å². The van der Waals surface area contributed by atoms with Gasteiger partial charge in [-0.25, -0.2) is 4.79 Å². The highest BCUT2D eigenvalue weighted by Gasteiger charge is 2.69. The zero-order valence-corrected chi connectivity index (χ0v) is 14.1. The molecule has 1 saturated heterocycles. The van der Waals surface area contributed by atoms with Crippen LogP contribution in [0.4, 0.5) is 13.2 Å². The number of benzene rings is 1. The van der Waals surface area contributed by atoms with Crippen LogP contribution in [0.25, 0.3) is 0 Å². The average molecular weight is 342 g/mol. The van der Waals surface area contributed by atoms with E-state index < -0.39 is 23.7 Å². The van der Waals surface area contributed by atoms with Crippen molar-refractivity contribution in [1.29, 1.82) is 0 Å². The Morgan fingerprint density at radius 2 is 1.92 bits per heavy atom. The molecule has 2 rings (SSSR count). The molecule has 0 bridgehead atoms. The molecule has 0 spiro atoms. The molecule has 0 aliphatic carbocycles. The second-order valence-electron chi connectivity index (χ2n) is 6.13. The van der Waals surface area contributed by atoms with Gasteiger partial charge in [-0.1, -0.05) is 45.0 Å². The Hall–Kier alpha value is -1.98. The Morgan fingerprint density at radius 1 is 1.33 bits per heavy atom. The van der Waals surface area contributed by atoms with Crippen LogP contribution >= 0.6 is 0 Å². The van der Waals surface area contributed by atoms with Crippen molar-refractivity contribution >= 4 is 5.97 Å². The first-order chi connectivity index (χ1) is 11.1. The summed E-state index contributed by atoms with van der Waals surface area (Å²) in [7, 11) is 0. The summed E-state index contributed by atoms with van der Waals surface area (Å²) in [4.78, 5) is 11.4. The van der Waals surface area contributed by atoms with Crippen molar-refractivity contribution in [2.24, 2.45) is 5.92 Å². The minimum absolute atomic E-state index is 0.0151. The van der Waals surface area contributed by atoms with Crippen LogP contribution < -0.4 is 0 Å². The predicted molar refractivity (Wildman–Crippen MR) is 83.2 cm³/mol. The maximum atomic E-state index is 13.7. The van der Waals surface area contributed by atoms with Crippen LogP contribution in [0, 0.1) is 5.92 Å². The molecule has 3 nitrogen and oxygen atoms in total. The zero-order valence-electron chi connectivity index (χ0n) is 14.1. The molecule has 1 aliphatic rings. The summed E-state index contributed by atoms with van der Waals surface area (Å²) in [6.07, 6.45) is -3.61. The second kappa shape index (κ2) is 6.49. The van der Waals surface area contributed by atoms with E-state index in [0.29, 0.717) is 0 Å². The van der Waals surface area contributed by atoms with E-state index >= 15 is 0 Å². The van der Waals surface area contributed by atoms with Crippen molar-refractivity contribution in [3.63, 3.8) is 0 Å². The average Bonchev–Trinajstić information content (AvgIpc) is 2.49. The van der Waals surface area contributed by atoms with Gasteiger partial charge >= 0.3 is 12.1 Å². The van der Waals surface area contributed by atoms with Crippen molar-refractivity contribution in [2.75, 3.05) is 6.61 Å². The molecule has 1 fully saturated rings. The Bertz CT molecular complexity index is 632. The van der Waals surface area contributed by atoms with E-state index in [1.165, 1.54) is 19.1 Å². The number of hydrogen-bond acceptors (Lipinski definition) is 3. The summed E-state index contributed by atoms with van der Waals surface area (Å²) in [5.74, 6) is -1.50. The minimum Gasteiger partial charge on any atom is -0.476 e. The number of carbonyl (C=O) groups is 1. The molecule has 0 aromatic heterocycles. The Labute approximate surface area is 139 Å². The number of alkyl halides is 3. The fourth-order valence-corrected chi connectivity index (χ4v) is 2.85. The van der Waals surface area contributed by atoms with Crippen molar-refractivity contribution in [2.45, 2.75) is 45.4 Å². The topological polar surface area (TPSA) is 35.5 Å². The van der Waals surface area contributed by atoms with Crippen LogP contribution in [0.3, 0.4) is 0 Å². The maximum Gasteiger partial charge on any atom is 0.433 e. The summed E-state index contributed by atoms with van der Waals surface area (Å²) in [6.45, 7) is 7.11. The molecule has 0 saturated carbocycles. The second-order valence-corrected chi connectivity index (χ2v) is 6.13. The van der Waals surface area contributed by atoms with Crippen molar-refractivity contribution in [3.05, 3.63) is 47.2 Å². The number of hydrogen-bond donors (Lipinski definition) is 0. The van der Waals surface area contributed by atoms with E-state index in [2.05, 4.69) is 0 Å². The molecule has 1 aromatic carbocycles. The molecule has 1 heterocycles. The van der Waals surface area contributed by atoms with Gasteiger partial charge in [-0.2, -0.15) is 13.2 Å².